The number of rotatable bonds is 2. The predicted octanol–water partition coefficient (Wildman–Crippen LogP) is 3.20. The Labute approximate surface area is 102 Å². The van der Waals surface area contributed by atoms with Crippen LogP contribution in [0.5, 0.6) is 0 Å². The minimum absolute atomic E-state index is 0.185. The lowest BCUT2D eigenvalue weighted by molar-refractivity contribution is -0.137. The number of anilines is 1. The van der Waals surface area contributed by atoms with Crippen LogP contribution in [0.15, 0.2) is 36.8 Å². The molecule has 0 aliphatic heterocycles. The molecule has 2 aromatic heterocycles. The van der Waals surface area contributed by atoms with Gasteiger partial charge >= 0.3 is 6.18 Å². The van der Waals surface area contributed by atoms with Gasteiger partial charge in [-0.3, -0.25) is 4.98 Å². The Bertz CT molecular complexity index is 538. The van der Waals surface area contributed by atoms with Crippen molar-refractivity contribution in [3.05, 3.63) is 42.4 Å². The van der Waals surface area contributed by atoms with E-state index in [1.807, 2.05) is 0 Å². The van der Waals surface area contributed by atoms with Crippen LogP contribution in [0.1, 0.15) is 5.56 Å². The molecule has 2 rings (SSSR count). The Morgan fingerprint density at radius 1 is 1.17 bits per heavy atom. The minimum Gasteiger partial charge on any atom is -0.373 e. The summed E-state index contributed by atoms with van der Waals surface area (Å²) in [6.45, 7) is 0. The van der Waals surface area contributed by atoms with Gasteiger partial charge in [-0.15, -0.1) is 0 Å². The summed E-state index contributed by atoms with van der Waals surface area (Å²) in [5, 5.41) is 2.43. The van der Waals surface area contributed by atoms with Crippen molar-refractivity contribution in [2.24, 2.45) is 0 Å². The maximum atomic E-state index is 12.8. The molecule has 1 N–H and O–H groups in total. The van der Waals surface area contributed by atoms with E-state index in [2.05, 4.69) is 15.3 Å². The second-order valence-corrected chi connectivity index (χ2v) is 3.61. The molecule has 94 valence electrons. The third kappa shape index (κ3) is 2.42. The topological polar surface area (TPSA) is 37.8 Å². The molecule has 2 aromatic rings. The SMILES string of the molecule is CNc1ncc(-c2cccnc2)cc1C(F)(F)F. The number of nitrogens with one attached hydrogen (secondary N) is 1. The van der Waals surface area contributed by atoms with Gasteiger partial charge in [-0.25, -0.2) is 4.98 Å². The third-order valence-corrected chi connectivity index (χ3v) is 2.42. The van der Waals surface area contributed by atoms with Crippen molar-refractivity contribution in [1.29, 1.82) is 0 Å². The Balaban J connectivity index is 2.53. The largest absolute Gasteiger partial charge is 0.419 e. The zero-order valence-electron chi connectivity index (χ0n) is 9.49. The summed E-state index contributed by atoms with van der Waals surface area (Å²) in [4.78, 5) is 7.65. The first-order valence-electron chi connectivity index (χ1n) is 5.18. The molecule has 0 aliphatic carbocycles. The molecule has 0 amide bonds. The fourth-order valence-corrected chi connectivity index (χ4v) is 1.57. The lowest BCUT2D eigenvalue weighted by atomic mass is 10.1. The molecule has 0 bridgehead atoms. The van der Waals surface area contributed by atoms with Crippen molar-refractivity contribution < 1.29 is 13.2 Å². The second kappa shape index (κ2) is 4.64. The lowest BCUT2D eigenvalue weighted by Crippen LogP contribution is -2.10. The highest BCUT2D eigenvalue weighted by Gasteiger charge is 2.34. The van der Waals surface area contributed by atoms with Gasteiger partial charge in [0.25, 0.3) is 0 Å². The molecule has 0 fully saturated rings. The predicted molar refractivity (Wildman–Crippen MR) is 62.0 cm³/mol. The average molecular weight is 253 g/mol. The van der Waals surface area contributed by atoms with Crippen LogP contribution in [-0.2, 0) is 6.18 Å². The molecule has 18 heavy (non-hydrogen) atoms. The van der Waals surface area contributed by atoms with Crippen molar-refractivity contribution >= 4 is 5.82 Å². The summed E-state index contributed by atoms with van der Waals surface area (Å²) >= 11 is 0. The quantitative estimate of drug-likeness (QED) is 0.893. The number of alkyl halides is 3. The van der Waals surface area contributed by atoms with Crippen molar-refractivity contribution in [3.8, 4) is 11.1 Å². The van der Waals surface area contributed by atoms with Gasteiger partial charge in [0.2, 0.25) is 0 Å². The molecule has 0 unspecified atom stereocenters. The van der Waals surface area contributed by atoms with E-state index in [9.17, 15) is 13.2 Å². The summed E-state index contributed by atoms with van der Waals surface area (Å²) in [6.07, 6.45) is 0.00142. The fraction of sp³-hybridized carbons (Fsp3) is 0.167. The molecule has 2 heterocycles. The Hall–Kier alpha value is -2.11. The first kappa shape index (κ1) is 12.3. The summed E-state index contributed by atoms with van der Waals surface area (Å²) < 4.78 is 38.5. The molecule has 3 nitrogen and oxygen atoms in total. The number of aromatic nitrogens is 2. The zero-order chi connectivity index (χ0) is 13.2. The number of hydrogen-bond donors (Lipinski definition) is 1. The minimum atomic E-state index is -4.44. The van der Waals surface area contributed by atoms with E-state index in [1.165, 1.54) is 19.4 Å². The fourth-order valence-electron chi connectivity index (χ4n) is 1.57. The van der Waals surface area contributed by atoms with E-state index in [4.69, 9.17) is 0 Å². The molecule has 0 saturated heterocycles. The standard InChI is InChI=1S/C12H10F3N3/c1-16-11-10(12(13,14)15)5-9(7-18-11)8-3-2-4-17-6-8/h2-7H,1H3,(H,16,18). The van der Waals surface area contributed by atoms with Gasteiger partial charge < -0.3 is 5.32 Å². The first-order valence-corrected chi connectivity index (χ1v) is 5.18. The highest BCUT2D eigenvalue weighted by atomic mass is 19.4. The first-order chi connectivity index (χ1) is 8.52. The van der Waals surface area contributed by atoms with E-state index in [1.54, 1.807) is 18.3 Å². The van der Waals surface area contributed by atoms with Gasteiger partial charge in [0.1, 0.15) is 5.82 Å². The highest BCUT2D eigenvalue weighted by Crippen LogP contribution is 2.35. The summed E-state index contributed by atoms with van der Waals surface area (Å²) in [5.74, 6) is -0.185. The molecule has 0 atom stereocenters. The number of nitrogens with zero attached hydrogens (tertiary/aromatic N) is 2. The van der Waals surface area contributed by atoms with Gasteiger partial charge in [-0.05, 0) is 12.1 Å². The molecular formula is C12H10F3N3. The lowest BCUT2D eigenvalue weighted by Gasteiger charge is -2.13. The van der Waals surface area contributed by atoms with Gasteiger partial charge in [-0.2, -0.15) is 13.2 Å². The summed E-state index contributed by atoms with van der Waals surface area (Å²) in [5.41, 5.74) is 0.193. The van der Waals surface area contributed by atoms with Gasteiger partial charge in [0.05, 0.1) is 5.56 Å². The smallest absolute Gasteiger partial charge is 0.373 e. The van der Waals surface area contributed by atoms with Crippen LogP contribution in [0.4, 0.5) is 19.0 Å². The molecule has 0 spiro atoms. The van der Waals surface area contributed by atoms with Crippen LogP contribution in [0.3, 0.4) is 0 Å². The van der Waals surface area contributed by atoms with Gasteiger partial charge in [0.15, 0.2) is 0 Å². The maximum absolute atomic E-state index is 12.8. The van der Waals surface area contributed by atoms with Crippen LogP contribution >= 0.6 is 0 Å². The third-order valence-electron chi connectivity index (χ3n) is 2.42. The van der Waals surface area contributed by atoms with E-state index in [-0.39, 0.29) is 5.82 Å². The van der Waals surface area contributed by atoms with Crippen molar-refractivity contribution in [2.45, 2.75) is 6.18 Å². The summed E-state index contributed by atoms with van der Waals surface area (Å²) in [7, 11) is 1.40. The van der Waals surface area contributed by atoms with Crippen molar-refractivity contribution in [2.75, 3.05) is 12.4 Å². The molecular weight excluding hydrogens is 243 g/mol. The van der Waals surface area contributed by atoms with E-state index < -0.39 is 11.7 Å². The molecule has 0 saturated carbocycles. The highest BCUT2D eigenvalue weighted by molar-refractivity contribution is 5.65. The van der Waals surface area contributed by atoms with Crippen LogP contribution < -0.4 is 5.32 Å². The molecule has 6 heteroatoms. The van der Waals surface area contributed by atoms with Crippen LogP contribution in [0, 0.1) is 0 Å². The Kier molecular flexibility index (Phi) is 3.18. The van der Waals surface area contributed by atoms with Crippen LogP contribution in [0.2, 0.25) is 0 Å². The second-order valence-electron chi connectivity index (χ2n) is 3.61. The van der Waals surface area contributed by atoms with Crippen molar-refractivity contribution in [1.82, 2.24) is 9.97 Å². The molecule has 0 radical (unpaired) electrons. The van der Waals surface area contributed by atoms with E-state index in [0.29, 0.717) is 11.1 Å². The normalized spacial score (nSPS) is 11.3. The monoisotopic (exact) mass is 253 g/mol. The summed E-state index contributed by atoms with van der Waals surface area (Å²) in [6, 6.07) is 4.41. The van der Waals surface area contributed by atoms with E-state index in [0.717, 1.165) is 6.07 Å². The maximum Gasteiger partial charge on any atom is 0.419 e. The van der Waals surface area contributed by atoms with Crippen LogP contribution in [-0.4, -0.2) is 17.0 Å². The van der Waals surface area contributed by atoms with Gasteiger partial charge in [-0.1, -0.05) is 6.07 Å². The van der Waals surface area contributed by atoms with Crippen molar-refractivity contribution in [3.63, 3.8) is 0 Å². The van der Waals surface area contributed by atoms with E-state index >= 15 is 0 Å². The van der Waals surface area contributed by atoms with Gasteiger partial charge in [0, 0.05) is 36.8 Å². The Morgan fingerprint density at radius 3 is 2.50 bits per heavy atom. The van der Waals surface area contributed by atoms with Crippen LogP contribution in [0.25, 0.3) is 11.1 Å². The number of pyridine rings is 2. The zero-order valence-corrected chi connectivity index (χ0v) is 9.49. The Morgan fingerprint density at radius 2 is 1.94 bits per heavy atom. The number of hydrogen-bond acceptors (Lipinski definition) is 3. The molecule has 0 aromatic carbocycles. The molecule has 0 aliphatic rings. The average Bonchev–Trinajstić information content (AvgIpc) is 2.38. The number of halogens is 3.